The number of carbonyl (C=O) groups excluding carboxylic acids is 2. The molecule has 5 heteroatoms. The van der Waals surface area contributed by atoms with Gasteiger partial charge in [-0.1, -0.05) is 32.0 Å². The summed E-state index contributed by atoms with van der Waals surface area (Å²) in [6, 6.07) is 12.7. The zero-order valence-electron chi connectivity index (χ0n) is 15.7. The molecule has 0 radical (unpaired) electrons. The minimum absolute atomic E-state index is 0.134. The maximum absolute atomic E-state index is 12.3. The highest BCUT2D eigenvalue weighted by molar-refractivity contribution is 5.97. The van der Waals surface area contributed by atoms with E-state index in [0.717, 1.165) is 17.7 Å². The van der Waals surface area contributed by atoms with Gasteiger partial charge in [-0.3, -0.25) is 9.59 Å². The molecule has 1 unspecified atom stereocenters. The van der Waals surface area contributed by atoms with Crippen LogP contribution in [0.5, 0.6) is 11.5 Å². The van der Waals surface area contributed by atoms with Gasteiger partial charge in [0.15, 0.2) is 12.4 Å². The fourth-order valence-electron chi connectivity index (χ4n) is 2.63. The molecule has 1 N–H and O–H groups in total. The summed E-state index contributed by atoms with van der Waals surface area (Å²) >= 11 is 0. The molecular weight excluding hydrogens is 330 g/mol. The number of carbonyl (C=O) groups is 2. The van der Waals surface area contributed by atoms with Crippen LogP contribution in [-0.4, -0.2) is 25.4 Å². The van der Waals surface area contributed by atoms with Crippen LogP contribution in [0.3, 0.4) is 0 Å². The van der Waals surface area contributed by atoms with E-state index >= 15 is 0 Å². The van der Waals surface area contributed by atoms with Gasteiger partial charge in [-0.25, -0.2) is 0 Å². The second-order valence-corrected chi connectivity index (χ2v) is 6.15. The summed E-state index contributed by atoms with van der Waals surface area (Å²) in [5.74, 6) is 0.827. The normalized spacial score (nSPS) is 11.5. The van der Waals surface area contributed by atoms with Gasteiger partial charge >= 0.3 is 0 Å². The van der Waals surface area contributed by atoms with Crippen molar-refractivity contribution in [3.05, 3.63) is 53.6 Å². The lowest BCUT2D eigenvalue weighted by molar-refractivity contribution is -0.118. The van der Waals surface area contributed by atoms with E-state index in [1.807, 2.05) is 24.3 Å². The van der Waals surface area contributed by atoms with Gasteiger partial charge in [-0.2, -0.15) is 0 Å². The van der Waals surface area contributed by atoms with E-state index in [4.69, 9.17) is 9.47 Å². The SMILES string of the molecule is CCC(C)c1ccccc1NC(=O)COc1cc(OC)ccc1C(C)=O. The van der Waals surface area contributed by atoms with Crippen LogP contribution in [-0.2, 0) is 4.79 Å². The largest absolute Gasteiger partial charge is 0.497 e. The summed E-state index contributed by atoms with van der Waals surface area (Å²) in [5, 5.41) is 2.89. The predicted octanol–water partition coefficient (Wildman–Crippen LogP) is 4.43. The van der Waals surface area contributed by atoms with E-state index in [1.54, 1.807) is 18.2 Å². The summed E-state index contributed by atoms with van der Waals surface area (Å²) < 4.78 is 10.7. The van der Waals surface area contributed by atoms with Crippen molar-refractivity contribution >= 4 is 17.4 Å². The highest BCUT2D eigenvalue weighted by Crippen LogP contribution is 2.27. The predicted molar refractivity (Wildman–Crippen MR) is 102 cm³/mol. The molecule has 2 rings (SSSR count). The number of nitrogens with one attached hydrogen (secondary N) is 1. The second kappa shape index (κ2) is 9.04. The third kappa shape index (κ3) is 4.85. The van der Waals surface area contributed by atoms with Crippen molar-refractivity contribution in [1.82, 2.24) is 0 Å². The zero-order valence-corrected chi connectivity index (χ0v) is 15.7. The Morgan fingerprint density at radius 1 is 1.15 bits per heavy atom. The molecule has 138 valence electrons. The Morgan fingerprint density at radius 2 is 1.88 bits per heavy atom. The minimum atomic E-state index is -0.280. The monoisotopic (exact) mass is 355 g/mol. The summed E-state index contributed by atoms with van der Waals surface area (Å²) in [6.45, 7) is 5.49. The summed E-state index contributed by atoms with van der Waals surface area (Å²) in [6.07, 6.45) is 0.981. The highest BCUT2D eigenvalue weighted by Gasteiger charge is 2.14. The smallest absolute Gasteiger partial charge is 0.262 e. The van der Waals surface area contributed by atoms with Crippen LogP contribution in [0, 0.1) is 0 Å². The fraction of sp³-hybridized carbons (Fsp3) is 0.333. The van der Waals surface area contributed by atoms with E-state index in [0.29, 0.717) is 23.0 Å². The average Bonchev–Trinajstić information content (AvgIpc) is 2.65. The number of hydrogen-bond donors (Lipinski definition) is 1. The van der Waals surface area contributed by atoms with Gasteiger partial charge in [0.1, 0.15) is 11.5 Å². The van der Waals surface area contributed by atoms with Crippen LogP contribution in [0.1, 0.15) is 49.0 Å². The Bertz CT molecular complexity index is 785. The Labute approximate surface area is 154 Å². The van der Waals surface area contributed by atoms with Crippen molar-refractivity contribution in [3.8, 4) is 11.5 Å². The number of methoxy groups -OCH3 is 1. The van der Waals surface area contributed by atoms with Gasteiger partial charge in [-0.05, 0) is 43.0 Å². The molecule has 5 nitrogen and oxygen atoms in total. The number of amides is 1. The zero-order chi connectivity index (χ0) is 19.1. The third-order valence-corrected chi connectivity index (χ3v) is 4.31. The Balaban J connectivity index is 2.10. The molecule has 26 heavy (non-hydrogen) atoms. The molecule has 0 spiro atoms. The van der Waals surface area contributed by atoms with Crippen LogP contribution in [0.25, 0.3) is 0 Å². The molecule has 1 amide bonds. The lowest BCUT2D eigenvalue weighted by Gasteiger charge is -2.16. The van der Waals surface area contributed by atoms with Gasteiger partial charge in [-0.15, -0.1) is 0 Å². The molecule has 0 saturated carbocycles. The van der Waals surface area contributed by atoms with E-state index in [9.17, 15) is 9.59 Å². The first-order valence-electron chi connectivity index (χ1n) is 8.66. The quantitative estimate of drug-likeness (QED) is 0.712. The molecule has 0 fully saturated rings. The molecule has 0 saturated heterocycles. The van der Waals surface area contributed by atoms with Crippen molar-refractivity contribution in [2.45, 2.75) is 33.1 Å². The minimum Gasteiger partial charge on any atom is -0.497 e. The number of benzene rings is 2. The van der Waals surface area contributed by atoms with E-state index in [-0.39, 0.29) is 18.3 Å². The van der Waals surface area contributed by atoms with E-state index < -0.39 is 0 Å². The number of Topliss-reactive ketones (excluding diaryl/α,β-unsaturated/α-hetero) is 1. The number of hydrogen-bond acceptors (Lipinski definition) is 4. The first kappa shape index (κ1) is 19.5. The van der Waals surface area contributed by atoms with Gasteiger partial charge in [0.25, 0.3) is 5.91 Å². The van der Waals surface area contributed by atoms with Gasteiger partial charge in [0.2, 0.25) is 0 Å². The lowest BCUT2D eigenvalue weighted by Crippen LogP contribution is -2.21. The molecule has 1 atom stereocenters. The standard InChI is InChI=1S/C21H25NO4/c1-5-14(2)17-8-6-7-9-19(17)22-21(24)13-26-20-12-16(25-4)10-11-18(20)15(3)23/h6-12,14H,5,13H2,1-4H3,(H,22,24). The first-order chi connectivity index (χ1) is 12.5. The van der Waals surface area contributed by atoms with Gasteiger partial charge in [0, 0.05) is 11.8 Å². The average molecular weight is 355 g/mol. The molecule has 0 aliphatic carbocycles. The Kier molecular flexibility index (Phi) is 6.78. The molecule has 0 heterocycles. The van der Waals surface area contributed by atoms with Gasteiger partial charge < -0.3 is 14.8 Å². The van der Waals surface area contributed by atoms with Crippen LogP contribution in [0.4, 0.5) is 5.69 Å². The van der Waals surface area contributed by atoms with Crippen molar-refractivity contribution < 1.29 is 19.1 Å². The van der Waals surface area contributed by atoms with Crippen molar-refractivity contribution in [2.75, 3.05) is 19.0 Å². The van der Waals surface area contributed by atoms with Crippen LogP contribution in [0.2, 0.25) is 0 Å². The van der Waals surface area contributed by atoms with Crippen molar-refractivity contribution in [2.24, 2.45) is 0 Å². The van der Waals surface area contributed by atoms with Crippen molar-refractivity contribution in [1.29, 1.82) is 0 Å². The Hall–Kier alpha value is -2.82. The van der Waals surface area contributed by atoms with Crippen molar-refractivity contribution in [3.63, 3.8) is 0 Å². The second-order valence-electron chi connectivity index (χ2n) is 6.15. The molecule has 2 aromatic rings. The number of anilines is 1. The van der Waals surface area contributed by atoms with E-state index in [1.165, 1.54) is 14.0 Å². The topological polar surface area (TPSA) is 64.6 Å². The molecule has 0 aliphatic heterocycles. The number of para-hydroxylation sites is 1. The number of rotatable bonds is 8. The summed E-state index contributed by atoms with van der Waals surface area (Å²) in [5.41, 5.74) is 2.29. The van der Waals surface area contributed by atoms with E-state index in [2.05, 4.69) is 19.2 Å². The molecule has 0 bridgehead atoms. The maximum Gasteiger partial charge on any atom is 0.262 e. The molecule has 0 aromatic heterocycles. The number of ketones is 1. The molecular formula is C21H25NO4. The van der Waals surface area contributed by atoms with Gasteiger partial charge in [0.05, 0.1) is 12.7 Å². The molecule has 0 aliphatic rings. The third-order valence-electron chi connectivity index (χ3n) is 4.31. The van der Waals surface area contributed by atoms with Crippen LogP contribution in [0.15, 0.2) is 42.5 Å². The number of ether oxygens (including phenoxy) is 2. The Morgan fingerprint density at radius 3 is 2.54 bits per heavy atom. The fourth-order valence-corrected chi connectivity index (χ4v) is 2.63. The van der Waals surface area contributed by atoms with Crippen LogP contribution < -0.4 is 14.8 Å². The van der Waals surface area contributed by atoms with Crippen LogP contribution >= 0.6 is 0 Å². The first-order valence-corrected chi connectivity index (χ1v) is 8.66. The summed E-state index contributed by atoms with van der Waals surface area (Å²) in [7, 11) is 1.53. The highest BCUT2D eigenvalue weighted by atomic mass is 16.5. The maximum atomic E-state index is 12.3. The molecule has 2 aromatic carbocycles. The lowest BCUT2D eigenvalue weighted by atomic mass is 9.97. The summed E-state index contributed by atoms with van der Waals surface area (Å²) in [4.78, 5) is 24.1.